The van der Waals surface area contributed by atoms with Crippen LogP contribution >= 0.6 is 0 Å². The lowest BCUT2D eigenvalue weighted by Gasteiger charge is -2.32. The number of carbonyl (C=O) groups excluding carboxylic acids is 1. The average molecular weight is 483 g/mol. The summed E-state index contributed by atoms with van der Waals surface area (Å²) in [5, 5.41) is 0. The highest BCUT2D eigenvalue weighted by molar-refractivity contribution is 5.79. The Morgan fingerprint density at radius 3 is 2.54 bits per heavy atom. The molecule has 2 atom stereocenters. The van der Waals surface area contributed by atoms with Gasteiger partial charge in [0.25, 0.3) is 0 Å². The number of aromatic nitrogens is 2. The number of ether oxygens (including phenoxy) is 2. The lowest BCUT2D eigenvalue weighted by atomic mass is 9.90. The van der Waals surface area contributed by atoms with Crippen molar-refractivity contribution in [3.63, 3.8) is 0 Å². The number of likely N-dealkylation sites (tertiary alicyclic amines) is 1. The Hall–Kier alpha value is -2.74. The molecular formula is C27H35FN4O3. The topological polar surface area (TPSA) is 67.8 Å². The van der Waals surface area contributed by atoms with Crippen molar-refractivity contribution in [3.05, 3.63) is 47.5 Å². The van der Waals surface area contributed by atoms with E-state index in [1.807, 2.05) is 17.3 Å². The van der Waals surface area contributed by atoms with Gasteiger partial charge in [-0.05, 0) is 67.6 Å². The van der Waals surface area contributed by atoms with Gasteiger partial charge in [0.15, 0.2) is 11.6 Å². The van der Waals surface area contributed by atoms with Crippen LogP contribution in [0.2, 0.25) is 0 Å². The fourth-order valence-electron chi connectivity index (χ4n) is 5.40. The van der Waals surface area contributed by atoms with Gasteiger partial charge in [-0.15, -0.1) is 0 Å². The lowest BCUT2D eigenvalue weighted by molar-refractivity contribution is -0.133. The quantitative estimate of drug-likeness (QED) is 0.512. The number of rotatable bonds is 10. The van der Waals surface area contributed by atoms with E-state index < -0.39 is 0 Å². The molecule has 1 aromatic heterocycles. The van der Waals surface area contributed by atoms with Gasteiger partial charge in [-0.3, -0.25) is 4.79 Å². The maximum absolute atomic E-state index is 14.5. The van der Waals surface area contributed by atoms with Crippen molar-refractivity contribution in [3.8, 4) is 5.75 Å². The van der Waals surface area contributed by atoms with Gasteiger partial charge in [0, 0.05) is 51.2 Å². The molecule has 2 aliphatic heterocycles. The Labute approximate surface area is 206 Å². The first-order valence-corrected chi connectivity index (χ1v) is 12.8. The maximum Gasteiger partial charge on any atom is 0.226 e. The van der Waals surface area contributed by atoms with Crippen LogP contribution in [0.5, 0.6) is 5.75 Å². The highest BCUT2D eigenvalue weighted by Crippen LogP contribution is 2.49. The molecule has 0 spiro atoms. The van der Waals surface area contributed by atoms with Crippen LogP contribution in [0.3, 0.4) is 0 Å². The number of piperidine rings is 1. The molecule has 1 aliphatic carbocycles. The Balaban J connectivity index is 1.01. The van der Waals surface area contributed by atoms with E-state index in [0.29, 0.717) is 24.7 Å². The van der Waals surface area contributed by atoms with Gasteiger partial charge in [-0.25, -0.2) is 14.4 Å². The summed E-state index contributed by atoms with van der Waals surface area (Å²) in [6.07, 6.45) is 9.54. The second-order valence-corrected chi connectivity index (χ2v) is 10.1. The molecule has 2 unspecified atom stereocenters. The number of anilines is 1. The summed E-state index contributed by atoms with van der Waals surface area (Å²) in [5.41, 5.74) is 1.69. The summed E-state index contributed by atoms with van der Waals surface area (Å²) in [6, 6.07) is 4.91. The first-order valence-electron chi connectivity index (χ1n) is 12.8. The smallest absolute Gasteiger partial charge is 0.226 e. The van der Waals surface area contributed by atoms with Crippen LogP contribution in [-0.2, 0) is 22.6 Å². The van der Waals surface area contributed by atoms with Crippen molar-refractivity contribution >= 4 is 11.9 Å². The molecule has 35 heavy (non-hydrogen) atoms. The monoisotopic (exact) mass is 482 g/mol. The third-order valence-electron chi connectivity index (χ3n) is 7.71. The molecule has 3 heterocycles. The maximum atomic E-state index is 14.5. The molecule has 2 saturated heterocycles. The Kier molecular flexibility index (Phi) is 7.46. The van der Waals surface area contributed by atoms with E-state index in [4.69, 9.17) is 9.47 Å². The van der Waals surface area contributed by atoms with Crippen molar-refractivity contribution < 1.29 is 18.7 Å². The zero-order valence-corrected chi connectivity index (χ0v) is 20.5. The zero-order chi connectivity index (χ0) is 24.2. The molecule has 7 nitrogen and oxygen atoms in total. The summed E-state index contributed by atoms with van der Waals surface area (Å²) >= 11 is 0. The minimum Gasteiger partial charge on any atom is -0.491 e. The third-order valence-corrected chi connectivity index (χ3v) is 7.71. The fourth-order valence-corrected chi connectivity index (χ4v) is 5.40. The number of methoxy groups -OCH3 is 1. The van der Waals surface area contributed by atoms with Crippen LogP contribution in [0.1, 0.15) is 43.2 Å². The summed E-state index contributed by atoms with van der Waals surface area (Å²) in [6.45, 7) is 4.69. The largest absolute Gasteiger partial charge is 0.491 e. The van der Waals surface area contributed by atoms with Gasteiger partial charge >= 0.3 is 0 Å². The number of hydrogen-bond donors (Lipinski definition) is 0. The van der Waals surface area contributed by atoms with E-state index in [1.54, 1.807) is 19.2 Å². The van der Waals surface area contributed by atoms with E-state index in [-0.39, 0.29) is 23.9 Å². The van der Waals surface area contributed by atoms with Crippen molar-refractivity contribution in [2.24, 2.45) is 17.8 Å². The molecule has 1 saturated carbocycles. The molecule has 1 aromatic carbocycles. The van der Waals surface area contributed by atoms with E-state index in [0.717, 1.165) is 75.2 Å². The van der Waals surface area contributed by atoms with E-state index in [2.05, 4.69) is 14.9 Å². The highest BCUT2D eigenvalue weighted by atomic mass is 19.1. The SMILES string of the molecule is COCc1cnc(N2CCC(C3CC3CCOc3ccc(CC(=O)N4CCC4)cc3F)CC2)nc1. The summed E-state index contributed by atoms with van der Waals surface area (Å²) in [7, 11) is 1.67. The Morgan fingerprint density at radius 1 is 1.11 bits per heavy atom. The standard InChI is InChI=1S/C27H35FN4O3/c1-34-18-20-16-29-27(30-17-20)32-10-5-21(6-11-32)23-15-22(23)7-12-35-25-4-3-19(13-24(25)28)14-26(33)31-8-2-9-31/h3-4,13,16-17,21-23H,2,5-12,14-15,18H2,1H3. The first-order chi connectivity index (χ1) is 17.1. The predicted octanol–water partition coefficient (Wildman–Crippen LogP) is 3.86. The molecule has 3 fully saturated rings. The van der Waals surface area contributed by atoms with Crippen LogP contribution in [0.15, 0.2) is 30.6 Å². The third kappa shape index (κ3) is 5.92. The van der Waals surface area contributed by atoms with Gasteiger partial charge in [0.05, 0.1) is 19.6 Å². The van der Waals surface area contributed by atoms with Gasteiger partial charge < -0.3 is 19.3 Å². The van der Waals surface area contributed by atoms with Crippen molar-refractivity contribution in [2.45, 2.75) is 45.1 Å². The van der Waals surface area contributed by atoms with Gasteiger partial charge in [-0.1, -0.05) is 6.07 Å². The minimum atomic E-state index is -0.379. The van der Waals surface area contributed by atoms with Crippen LogP contribution in [0.25, 0.3) is 0 Å². The minimum absolute atomic E-state index is 0.0717. The van der Waals surface area contributed by atoms with E-state index in [9.17, 15) is 9.18 Å². The second-order valence-electron chi connectivity index (χ2n) is 10.1. The molecule has 188 valence electrons. The normalized spacial score (nSPS) is 22.1. The molecule has 0 bridgehead atoms. The molecule has 8 heteroatoms. The molecular weight excluding hydrogens is 447 g/mol. The fraction of sp³-hybridized carbons (Fsp3) is 0.593. The molecule has 0 N–H and O–H groups in total. The lowest BCUT2D eigenvalue weighted by Crippen LogP contribution is -2.42. The summed E-state index contributed by atoms with van der Waals surface area (Å²) in [4.78, 5) is 25.2. The molecule has 0 radical (unpaired) electrons. The number of amides is 1. The molecule has 5 rings (SSSR count). The van der Waals surface area contributed by atoms with Gasteiger partial charge in [0.2, 0.25) is 11.9 Å². The van der Waals surface area contributed by atoms with Gasteiger partial charge in [-0.2, -0.15) is 0 Å². The molecule has 3 aliphatic rings. The van der Waals surface area contributed by atoms with Crippen molar-refractivity contribution in [1.82, 2.24) is 14.9 Å². The van der Waals surface area contributed by atoms with E-state index >= 15 is 0 Å². The highest BCUT2D eigenvalue weighted by Gasteiger charge is 2.43. The van der Waals surface area contributed by atoms with Crippen molar-refractivity contribution in [2.75, 3.05) is 44.8 Å². The number of carbonyl (C=O) groups is 1. The molecule has 1 amide bonds. The number of benzene rings is 1. The average Bonchev–Trinajstić information content (AvgIpc) is 3.60. The van der Waals surface area contributed by atoms with Gasteiger partial charge in [0.1, 0.15) is 0 Å². The van der Waals surface area contributed by atoms with Crippen LogP contribution in [-0.4, -0.2) is 60.7 Å². The number of nitrogens with zero attached hydrogens (tertiary/aromatic N) is 4. The first kappa shape index (κ1) is 24.0. The van der Waals surface area contributed by atoms with E-state index in [1.165, 1.54) is 12.5 Å². The predicted molar refractivity (Wildman–Crippen MR) is 131 cm³/mol. The Bertz CT molecular complexity index is 1010. The van der Waals surface area contributed by atoms with Crippen molar-refractivity contribution in [1.29, 1.82) is 0 Å². The summed E-state index contributed by atoms with van der Waals surface area (Å²) in [5.74, 6) is 2.95. The number of hydrogen-bond acceptors (Lipinski definition) is 6. The Morgan fingerprint density at radius 2 is 1.89 bits per heavy atom. The van der Waals surface area contributed by atoms with Crippen LogP contribution in [0.4, 0.5) is 10.3 Å². The molecule has 2 aromatic rings. The zero-order valence-electron chi connectivity index (χ0n) is 20.5. The summed E-state index contributed by atoms with van der Waals surface area (Å²) < 4.78 is 25.4. The number of halogens is 1. The second kappa shape index (κ2) is 10.9. The van der Waals surface area contributed by atoms with Crippen LogP contribution in [0, 0.1) is 23.6 Å². The van der Waals surface area contributed by atoms with Crippen LogP contribution < -0.4 is 9.64 Å².